The Balaban J connectivity index is 3.09. The lowest BCUT2D eigenvalue weighted by Crippen LogP contribution is -2.40. The standard InChI is InChI=1S/C14H20N4O7S/c1-4-17(5-2)26(23,24)10-6-7-12(11(8-10)18(21)22)25-9-13(19)16-14(20)15-3/h6-8H,4-5,9H2,1-3H3,(H2,15,16,19,20). The van der Waals surface area contributed by atoms with Crippen molar-refractivity contribution >= 4 is 27.6 Å². The quantitative estimate of drug-likeness (QED) is 0.485. The van der Waals surface area contributed by atoms with Crippen molar-refractivity contribution in [1.29, 1.82) is 0 Å². The number of nitro groups is 1. The summed E-state index contributed by atoms with van der Waals surface area (Å²) in [6, 6.07) is 2.38. The molecular weight excluding hydrogens is 368 g/mol. The van der Waals surface area contributed by atoms with Gasteiger partial charge in [0.05, 0.1) is 9.82 Å². The van der Waals surface area contributed by atoms with Crippen LogP contribution in [0.3, 0.4) is 0 Å². The predicted octanol–water partition coefficient (Wildman–Crippen LogP) is 0.460. The van der Waals surface area contributed by atoms with Crippen molar-refractivity contribution in [2.24, 2.45) is 0 Å². The summed E-state index contributed by atoms with van der Waals surface area (Å²) in [5.74, 6) is -1.11. The van der Waals surface area contributed by atoms with E-state index in [0.29, 0.717) is 0 Å². The summed E-state index contributed by atoms with van der Waals surface area (Å²) in [5.41, 5.74) is -0.606. The molecule has 0 unspecified atom stereocenters. The van der Waals surface area contributed by atoms with Crippen LogP contribution in [0.2, 0.25) is 0 Å². The van der Waals surface area contributed by atoms with E-state index >= 15 is 0 Å². The van der Waals surface area contributed by atoms with Crippen molar-refractivity contribution in [3.8, 4) is 5.75 Å². The van der Waals surface area contributed by atoms with Gasteiger partial charge in [0, 0.05) is 26.2 Å². The van der Waals surface area contributed by atoms with E-state index in [4.69, 9.17) is 4.74 Å². The lowest BCUT2D eigenvalue weighted by Gasteiger charge is -2.18. The highest BCUT2D eigenvalue weighted by molar-refractivity contribution is 7.89. The van der Waals surface area contributed by atoms with Crippen molar-refractivity contribution < 1.29 is 27.7 Å². The van der Waals surface area contributed by atoms with E-state index in [-0.39, 0.29) is 23.7 Å². The van der Waals surface area contributed by atoms with Gasteiger partial charge in [0.15, 0.2) is 12.4 Å². The number of carbonyl (C=O) groups excluding carboxylic acids is 2. The molecule has 1 aromatic rings. The molecule has 0 bridgehead atoms. The zero-order chi connectivity index (χ0) is 19.9. The molecule has 0 saturated carbocycles. The normalized spacial score (nSPS) is 11.1. The minimum absolute atomic E-state index is 0.213. The summed E-state index contributed by atoms with van der Waals surface area (Å²) >= 11 is 0. The summed E-state index contributed by atoms with van der Waals surface area (Å²) < 4.78 is 31.1. The molecule has 3 amide bonds. The molecule has 0 fully saturated rings. The number of nitrogens with one attached hydrogen (secondary N) is 2. The molecule has 144 valence electrons. The Kier molecular flexibility index (Phi) is 7.46. The molecule has 11 nitrogen and oxygen atoms in total. The SMILES string of the molecule is CCN(CC)S(=O)(=O)c1ccc(OCC(=O)NC(=O)NC)c([N+](=O)[O-])c1. The maximum absolute atomic E-state index is 12.5. The number of rotatable bonds is 8. The third-order valence-corrected chi connectivity index (χ3v) is 5.35. The average Bonchev–Trinajstić information content (AvgIpc) is 2.60. The monoisotopic (exact) mass is 388 g/mol. The molecule has 0 aromatic heterocycles. The van der Waals surface area contributed by atoms with E-state index in [2.05, 4.69) is 5.32 Å². The zero-order valence-electron chi connectivity index (χ0n) is 14.5. The minimum atomic E-state index is -3.88. The van der Waals surface area contributed by atoms with Crippen molar-refractivity contribution in [3.05, 3.63) is 28.3 Å². The molecule has 0 atom stereocenters. The lowest BCUT2D eigenvalue weighted by atomic mass is 10.3. The summed E-state index contributed by atoms with van der Waals surface area (Å²) in [6.07, 6.45) is 0. The number of imide groups is 1. The van der Waals surface area contributed by atoms with E-state index in [9.17, 15) is 28.1 Å². The van der Waals surface area contributed by atoms with Crippen LogP contribution >= 0.6 is 0 Å². The molecule has 0 aliphatic rings. The number of benzene rings is 1. The van der Waals surface area contributed by atoms with Crippen LogP contribution in [0.5, 0.6) is 5.75 Å². The minimum Gasteiger partial charge on any atom is -0.477 e. The van der Waals surface area contributed by atoms with Gasteiger partial charge in [0.2, 0.25) is 10.0 Å². The number of hydrogen-bond acceptors (Lipinski definition) is 7. The largest absolute Gasteiger partial charge is 0.477 e. The van der Waals surface area contributed by atoms with Crippen LogP contribution in [0.25, 0.3) is 0 Å². The van der Waals surface area contributed by atoms with Crippen LogP contribution in [0.15, 0.2) is 23.1 Å². The van der Waals surface area contributed by atoms with E-state index < -0.39 is 39.2 Å². The van der Waals surface area contributed by atoms with Crippen LogP contribution in [0.1, 0.15) is 13.8 Å². The maximum Gasteiger partial charge on any atom is 0.321 e. The molecule has 12 heteroatoms. The Hall–Kier alpha value is -2.73. The van der Waals surface area contributed by atoms with Crippen LogP contribution < -0.4 is 15.4 Å². The van der Waals surface area contributed by atoms with E-state index in [0.717, 1.165) is 22.5 Å². The van der Waals surface area contributed by atoms with Gasteiger partial charge in [-0.15, -0.1) is 0 Å². The van der Waals surface area contributed by atoms with Gasteiger partial charge >= 0.3 is 11.7 Å². The summed E-state index contributed by atoms with van der Waals surface area (Å²) in [5, 5.41) is 15.3. The molecule has 2 N–H and O–H groups in total. The Bertz CT molecular complexity index is 790. The van der Waals surface area contributed by atoms with Gasteiger partial charge in [0.1, 0.15) is 0 Å². The molecule has 1 rings (SSSR count). The number of nitrogens with zero attached hydrogens (tertiary/aromatic N) is 2. The van der Waals surface area contributed by atoms with Crippen LogP contribution in [-0.2, 0) is 14.8 Å². The second-order valence-corrected chi connectivity index (χ2v) is 6.83. The first-order valence-corrected chi connectivity index (χ1v) is 9.04. The van der Waals surface area contributed by atoms with Gasteiger partial charge in [0.25, 0.3) is 5.91 Å². The van der Waals surface area contributed by atoms with Crippen LogP contribution in [0, 0.1) is 10.1 Å². The van der Waals surface area contributed by atoms with Crippen LogP contribution in [0.4, 0.5) is 10.5 Å². The maximum atomic E-state index is 12.5. The Morgan fingerprint density at radius 3 is 2.38 bits per heavy atom. The highest BCUT2D eigenvalue weighted by Gasteiger charge is 2.26. The highest BCUT2D eigenvalue weighted by Crippen LogP contribution is 2.30. The highest BCUT2D eigenvalue weighted by atomic mass is 32.2. The van der Waals surface area contributed by atoms with Crippen molar-refractivity contribution in [1.82, 2.24) is 14.9 Å². The first kappa shape index (κ1) is 21.3. The smallest absolute Gasteiger partial charge is 0.321 e. The van der Waals surface area contributed by atoms with Gasteiger partial charge in [-0.05, 0) is 12.1 Å². The lowest BCUT2D eigenvalue weighted by molar-refractivity contribution is -0.386. The molecule has 0 saturated heterocycles. The van der Waals surface area contributed by atoms with Gasteiger partial charge in [-0.2, -0.15) is 4.31 Å². The molecule has 0 radical (unpaired) electrons. The van der Waals surface area contributed by atoms with Crippen molar-refractivity contribution in [2.75, 3.05) is 26.7 Å². The third-order valence-electron chi connectivity index (χ3n) is 3.31. The Labute approximate surface area is 150 Å². The molecular formula is C14H20N4O7S. The molecule has 0 heterocycles. The van der Waals surface area contributed by atoms with Gasteiger partial charge in [-0.1, -0.05) is 13.8 Å². The van der Waals surface area contributed by atoms with Crippen LogP contribution in [-0.4, -0.2) is 56.3 Å². The molecule has 0 spiro atoms. The average molecular weight is 388 g/mol. The second-order valence-electron chi connectivity index (χ2n) is 4.89. The Morgan fingerprint density at radius 2 is 1.88 bits per heavy atom. The zero-order valence-corrected chi connectivity index (χ0v) is 15.3. The van der Waals surface area contributed by atoms with E-state index in [1.54, 1.807) is 13.8 Å². The van der Waals surface area contributed by atoms with E-state index in [1.807, 2.05) is 5.32 Å². The number of carbonyl (C=O) groups is 2. The molecule has 1 aromatic carbocycles. The number of sulfonamides is 1. The number of urea groups is 1. The first-order chi connectivity index (χ1) is 12.2. The summed E-state index contributed by atoms with van der Waals surface area (Å²) in [6.45, 7) is 3.07. The Morgan fingerprint density at radius 1 is 1.27 bits per heavy atom. The van der Waals surface area contributed by atoms with E-state index in [1.165, 1.54) is 7.05 Å². The molecule has 26 heavy (non-hydrogen) atoms. The summed E-state index contributed by atoms with van der Waals surface area (Å²) in [7, 11) is -2.57. The fourth-order valence-electron chi connectivity index (χ4n) is 2.00. The van der Waals surface area contributed by atoms with Gasteiger partial charge in [-0.25, -0.2) is 13.2 Å². The fourth-order valence-corrected chi connectivity index (χ4v) is 3.48. The van der Waals surface area contributed by atoms with Crippen molar-refractivity contribution in [2.45, 2.75) is 18.7 Å². The predicted molar refractivity (Wildman–Crippen MR) is 91.3 cm³/mol. The van der Waals surface area contributed by atoms with Gasteiger partial charge < -0.3 is 10.1 Å². The number of amides is 3. The number of ether oxygens (including phenoxy) is 1. The summed E-state index contributed by atoms with van der Waals surface area (Å²) in [4.78, 5) is 32.7. The second kappa shape index (κ2) is 9.10. The molecule has 0 aliphatic heterocycles. The fraction of sp³-hybridized carbons (Fsp3) is 0.429. The molecule has 0 aliphatic carbocycles. The number of hydrogen-bond donors (Lipinski definition) is 2. The van der Waals surface area contributed by atoms with Crippen molar-refractivity contribution in [3.63, 3.8) is 0 Å². The first-order valence-electron chi connectivity index (χ1n) is 7.60. The van der Waals surface area contributed by atoms with Gasteiger partial charge in [-0.3, -0.25) is 20.2 Å². The third kappa shape index (κ3) is 5.13. The number of nitro benzene ring substituents is 1. The topological polar surface area (TPSA) is 148 Å².